The van der Waals surface area contributed by atoms with E-state index in [4.69, 9.17) is 15.2 Å². The number of piperidine rings is 2. The third kappa shape index (κ3) is 8.35. The molecular weight excluding hydrogens is 785 g/mol. The molecule has 3 saturated heterocycles. The summed E-state index contributed by atoms with van der Waals surface area (Å²) in [5, 5.41) is 11.3. The van der Waals surface area contributed by atoms with E-state index in [9.17, 15) is 19.2 Å². The molecule has 5 aliphatic rings. The van der Waals surface area contributed by atoms with Crippen molar-refractivity contribution in [2.45, 2.75) is 94.9 Å². The molecule has 4 amide bonds. The van der Waals surface area contributed by atoms with Gasteiger partial charge in [-0.25, -0.2) is 14.8 Å². The number of hydrogen-bond acceptors (Lipinski definition) is 11. The van der Waals surface area contributed by atoms with Crippen molar-refractivity contribution in [2.75, 3.05) is 70.1 Å². The molecule has 15 nitrogen and oxygen atoms in total. The number of rotatable bonds is 13. The van der Waals surface area contributed by atoms with Crippen LogP contribution in [0.5, 0.6) is 0 Å². The van der Waals surface area contributed by atoms with Gasteiger partial charge in [-0.3, -0.25) is 9.59 Å². The predicted molar refractivity (Wildman–Crippen MR) is 237 cm³/mol. The number of likely N-dealkylation sites (N-methyl/N-ethyl adjacent to an activating group) is 2. The third-order valence-corrected chi connectivity index (χ3v) is 14.9. The fourth-order valence-electron chi connectivity index (χ4n) is 11.2. The second kappa shape index (κ2) is 17.7. The topological polar surface area (TPSA) is 183 Å². The Kier molecular flexibility index (Phi) is 11.9. The van der Waals surface area contributed by atoms with Crippen LogP contribution in [0.4, 0.5) is 22.1 Å². The van der Waals surface area contributed by atoms with Gasteiger partial charge in [-0.05, 0) is 130 Å². The lowest BCUT2D eigenvalue weighted by molar-refractivity contribution is -0.122. The van der Waals surface area contributed by atoms with Crippen LogP contribution in [-0.4, -0.2) is 120 Å². The van der Waals surface area contributed by atoms with Crippen LogP contribution in [0.2, 0.25) is 0 Å². The van der Waals surface area contributed by atoms with E-state index in [1.54, 1.807) is 18.1 Å². The maximum atomic E-state index is 12.7. The van der Waals surface area contributed by atoms with Crippen LogP contribution in [0.15, 0.2) is 47.1 Å². The molecule has 328 valence electrons. The zero-order chi connectivity index (χ0) is 43.0. The van der Waals surface area contributed by atoms with Crippen LogP contribution in [0.25, 0.3) is 11.0 Å². The predicted octanol–water partition coefficient (Wildman–Crippen LogP) is 5.76. The quantitative estimate of drug-likeness (QED) is 0.139. The summed E-state index contributed by atoms with van der Waals surface area (Å²) in [4.78, 5) is 66.8. The number of amides is 4. The number of aromatic nitrogens is 3. The molecule has 0 bridgehead atoms. The van der Waals surface area contributed by atoms with E-state index in [0.717, 1.165) is 87.9 Å². The van der Waals surface area contributed by atoms with E-state index in [2.05, 4.69) is 60.9 Å². The standard InChI is InChI=1S/C47H60N10O5/c1-49-45(60)37(6-4-24-58)40-36-12-9-33-25-30(26-38(33)42(36)62-53-40)28-55-20-17-47(18-21-55)15-13-32(14-16-47)31-7-10-34(11-8-31)51-44-41(43(48)59)50-27-39(52-44)56-19-3-5-35(29-56)57-23-22-54(2)46(57)61/h7-12,24,27,30,32,35,37H,3-6,13-23,25-26,28-29H2,1-2H3,(H2,48,59)(H,49,60)(H,51,52). The highest BCUT2D eigenvalue weighted by molar-refractivity contribution is 5.96. The Bertz CT molecular complexity index is 2300. The number of carbonyl (C=O) groups is 4. The monoisotopic (exact) mass is 844 g/mol. The number of nitrogens with zero attached hydrogens (tertiary/aromatic N) is 7. The zero-order valence-electron chi connectivity index (χ0n) is 36.1. The van der Waals surface area contributed by atoms with E-state index in [0.29, 0.717) is 54.0 Å². The van der Waals surface area contributed by atoms with E-state index >= 15 is 0 Å². The molecule has 2 aromatic carbocycles. The number of primary amides is 1. The summed E-state index contributed by atoms with van der Waals surface area (Å²) >= 11 is 0. The number of hydrogen-bond donors (Lipinski definition) is 3. The molecule has 0 radical (unpaired) electrons. The molecule has 62 heavy (non-hydrogen) atoms. The molecule has 2 aliphatic carbocycles. The summed E-state index contributed by atoms with van der Waals surface area (Å²) < 4.78 is 5.92. The maximum absolute atomic E-state index is 12.7. The number of likely N-dealkylation sites (tertiary alicyclic amines) is 1. The number of benzene rings is 2. The number of urea groups is 1. The van der Waals surface area contributed by atoms with Gasteiger partial charge in [0, 0.05) is 69.9 Å². The van der Waals surface area contributed by atoms with E-state index in [1.165, 1.54) is 55.2 Å². The number of nitrogens with two attached hydrogens (primary N) is 1. The van der Waals surface area contributed by atoms with E-state index in [1.807, 2.05) is 18.0 Å². The third-order valence-electron chi connectivity index (χ3n) is 14.9. The molecule has 3 atom stereocenters. The van der Waals surface area contributed by atoms with Crippen LogP contribution < -0.4 is 21.3 Å². The van der Waals surface area contributed by atoms with Crippen molar-refractivity contribution < 1.29 is 23.7 Å². The molecule has 1 spiro atoms. The van der Waals surface area contributed by atoms with Gasteiger partial charge in [0.15, 0.2) is 17.1 Å². The van der Waals surface area contributed by atoms with Gasteiger partial charge in [0.25, 0.3) is 5.91 Å². The van der Waals surface area contributed by atoms with Crippen LogP contribution in [0.3, 0.4) is 0 Å². The molecule has 4 N–H and O–H groups in total. The normalized spacial score (nSPS) is 22.3. The summed E-state index contributed by atoms with van der Waals surface area (Å²) in [5.41, 5.74) is 12.4. The Morgan fingerprint density at radius 2 is 1.79 bits per heavy atom. The first-order valence-corrected chi connectivity index (χ1v) is 22.7. The number of nitrogens with one attached hydrogen (secondary N) is 2. The fraction of sp³-hybridized carbons (Fsp3) is 0.553. The summed E-state index contributed by atoms with van der Waals surface area (Å²) in [5.74, 6) is 0.749. The summed E-state index contributed by atoms with van der Waals surface area (Å²) in [6.45, 7) is 6.28. The number of aldehydes is 1. The van der Waals surface area contributed by atoms with Gasteiger partial charge in [0.05, 0.1) is 18.2 Å². The van der Waals surface area contributed by atoms with Gasteiger partial charge in [0.2, 0.25) is 5.91 Å². The second-order valence-corrected chi connectivity index (χ2v) is 18.6. The Balaban J connectivity index is 0.769. The molecule has 15 heteroatoms. The maximum Gasteiger partial charge on any atom is 0.320 e. The SMILES string of the molecule is CNC(=O)C(CCC=O)c1noc2c3c(ccc12)CC(CN1CCC2(CCC(c4ccc(Nc5nc(N6CCCC(N7CCN(C)C7=O)C6)cnc5C(N)=O)cc4)CC2)CC1)C3. The van der Waals surface area contributed by atoms with Crippen molar-refractivity contribution in [3.05, 3.63) is 70.7 Å². The Labute approximate surface area is 363 Å². The number of fused-ring (bicyclic) bond motifs is 3. The molecule has 2 aromatic heterocycles. The smallest absolute Gasteiger partial charge is 0.320 e. The van der Waals surface area contributed by atoms with Gasteiger partial charge in [-0.1, -0.05) is 23.4 Å². The minimum Gasteiger partial charge on any atom is -0.364 e. The summed E-state index contributed by atoms with van der Waals surface area (Å²) in [7, 11) is 3.46. The van der Waals surface area contributed by atoms with Crippen LogP contribution >= 0.6 is 0 Å². The minimum absolute atomic E-state index is 0.0751. The number of anilines is 3. The van der Waals surface area contributed by atoms with Crippen molar-refractivity contribution in [1.82, 2.24) is 35.1 Å². The molecule has 3 aliphatic heterocycles. The van der Waals surface area contributed by atoms with Crippen molar-refractivity contribution in [3.63, 3.8) is 0 Å². The highest BCUT2D eigenvalue weighted by Gasteiger charge is 2.40. The lowest BCUT2D eigenvalue weighted by Crippen LogP contribution is -2.49. The summed E-state index contributed by atoms with van der Waals surface area (Å²) in [6.07, 6.45) is 14.4. The van der Waals surface area contributed by atoms with Crippen molar-refractivity contribution in [1.29, 1.82) is 0 Å². The first kappa shape index (κ1) is 41.8. The average molecular weight is 845 g/mol. The molecule has 4 aromatic rings. The average Bonchev–Trinajstić information content (AvgIpc) is 4.01. The van der Waals surface area contributed by atoms with Gasteiger partial charge in [-0.2, -0.15) is 0 Å². The zero-order valence-corrected chi connectivity index (χ0v) is 36.1. The van der Waals surface area contributed by atoms with Crippen molar-refractivity contribution >= 4 is 52.4 Å². The van der Waals surface area contributed by atoms with Gasteiger partial charge < -0.3 is 45.3 Å². The Morgan fingerprint density at radius 1 is 1.00 bits per heavy atom. The van der Waals surface area contributed by atoms with Crippen LogP contribution in [0.1, 0.15) is 109 Å². The fourth-order valence-corrected chi connectivity index (χ4v) is 11.2. The lowest BCUT2D eigenvalue weighted by atomic mass is 9.64. The first-order chi connectivity index (χ1) is 30.1. The van der Waals surface area contributed by atoms with Crippen molar-refractivity contribution in [2.24, 2.45) is 17.1 Å². The molecular formula is C47H60N10O5. The van der Waals surface area contributed by atoms with Crippen LogP contribution in [0, 0.1) is 11.3 Å². The van der Waals surface area contributed by atoms with Crippen molar-refractivity contribution in [3.8, 4) is 0 Å². The van der Waals surface area contributed by atoms with Gasteiger partial charge in [-0.15, -0.1) is 0 Å². The number of carbonyl (C=O) groups excluding carboxylic acids is 4. The molecule has 1 saturated carbocycles. The Morgan fingerprint density at radius 3 is 2.50 bits per heavy atom. The van der Waals surface area contributed by atoms with Gasteiger partial charge in [0.1, 0.15) is 17.8 Å². The molecule has 4 fully saturated rings. The van der Waals surface area contributed by atoms with Crippen LogP contribution in [-0.2, 0) is 22.4 Å². The van der Waals surface area contributed by atoms with E-state index < -0.39 is 11.8 Å². The highest BCUT2D eigenvalue weighted by Crippen LogP contribution is 2.49. The first-order valence-electron chi connectivity index (χ1n) is 22.7. The van der Waals surface area contributed by atoms with E-state index in [-0.39, 0.29) is 23.7 Å². The highest BCUT2D eigenvalue weighted by atomic mass is 16.5. The molecule has 9 rings (SSSR count). The minimum atomic E-state index is -0.637. The Hall–Kier alpha value is -5.57. The molecule has 5 heterocycles. The largest absolute Gasteiger partial charge is 0.364 e. The lowest BCUT2D eigenvalue weighted by Gasteiger charge is -2.46. The van der Waals surface area contributed by atoms with Gasteiger partial charge >= 0.3 is 6.03 Å². The molecule has 3 unspecified atom stereocenters. The summed E-state index contributed by atoms with van der Waals surface area (Å²) in [6, 6.07) is 13.0. The second-order valence-electron chi connectivity index (χ2n) is 18.6.